The quantitative estimate of drug-likeness (QED) is 0.422. The second-order valence-electron chi connectivity index (χ2n) is 4.65. The molecule has 0 aliphatic carbocycles. The van der Waals surface area contributed by atoms with Crippen molar-refractivity contribution in [3.63, 3.8) is 0 Å². The Morgan fingerprint density at radius 1 is 0.900 bits per heavy atom. The molecule has 6 nitrogen and oxygen atoms in total. The van der Waals surface area contributed by atoms with Gasteiger partial charge in [0.05, 0.1) is 12.6 Å². The summed E-state index contributed by atoms with van der Waals surface area (Å²) in [6.45, 7) is 4.54. The van der Waals surface area contributed by atoms with Gasteiger partial charge in [0.1, 0.15) is 0 Å². The molecule has 0 amide bonds. The van der Waals surface area contributed by atoms with Crippen molar-refractivity contribution in [3.8, 4) is 0 Å². The molecule has 7 heteroatoms. The first-order valence-corrected chi connectivity index (χ1v) is 8.89. The van der Waals surface area contributed by atoms with E-state index in [2.05, 4.69) is 13.8 Å². The first kappa shape index (κ1) is 24.6. The van der Waals surface area contributed by atoms with Gasteiger partial charge < -0.3 is 20.4 Å². The summed E-state index contributed by atoms with van der Waals surface area (Å²) in [5.74, 6) is -1.20. The maximum Gasteiger partial charge on any atom is 0.326 e. The minimum absolute atomic E-state index is 0. The number of carboxylic acids is 1. The second-order valence-corrected chi connectivity index (χ2v) is 6.43. The van der Waals surface area contributed by atoms with Gasteiger partial charge in [-0.25, -0.2) is 0 Å². The number of hydrogen-bond acceptors (Lipinski definition) is 2. The monoisotopic (exact) mass is 314 g/mol. The predicted molar refractivity (Wildman–Crippen MR) is 81.1 cm³/mol. The van der Waals surface area contributed by atoms with Crippen LogP contribution in [-0.2, 0) is 9.36 Å². The summed E-state index contributed by atoms with van der Waals surface area (Å²) in [5, 5.41) is 7.93. The molecule has 0 spiro atoms. The fourth-order valence-electron chi connectivity index (χ4n) is 1.45. The minimum atomic E-state index is -4.10. The van der Waals surface area contributed by atoms with Crippen molar-refractivity contribution >= 4 is 13.6 Å². The van der Waals surface area contributed by atoms with Crippen molar-refractivity contribution in [2.75, 3.05) is 6.16 Å². The van der Waals surface area contributed by atoms with Gasteiger partial charge >= 0.3 is 13.6 Å². The molecule has 0 heterocycles. The highest BCUT2D eigenvalue weighted by Gasteiger charge is 2.13. The van der Waals surface area contributed by atoms with Gasteiger partial charge in [0.25, 0.3) is 0 Å². The van der Waals surface area contributed by atoms with Gasteiger partial charge in [-0.05, 0) is 0 Å². The molecule has 0 saturated carbocycles. The molecule has 0 aliphatic heterocycles. The van der Waals surface area contributed by atoms with Gasteiger partial charge in [0.2, 0.25) is 0 Å². The van der Waals surface area contributed by atoms with Crippen LogP contribution in [0.1, 0.15) is 71.6 Å². The summed E-state index contributed by atoms with van der Waals surface area (Å²) < 4.78 is 9.97. The lowest BCUT2D eigenvalue weighted by molar-refractivity contribution is -0.136. The fraction of sp³-hybridized carbons (Fsp3) is 0.923. The first-order chi connectivity index (χ1) is 8.83. The van der Waals surface area contributed by atoms with Crippen LogP contribution >= 0.6 is 7.60 Å². The average Bonchev–Trinajstić information content (AvgIpc) is 2.31. The molecule has 5 N–H and O–H groups in total. The van der Waals surface area contributed by atoms with E-state index in [0.29, 0.717) is 0 Å². The van der Waals surface area contributed by atoms with Gasteiger partial charge in [-0.15, -0.1) is 0 Å². The normalized spacial score (nSPS) is 10.2. The van der Waals surface area contributed by atoms with Crippen LogP contribution < -0.4 is 0 Å². The Balaban J connectivity index is -0.000000277. The maximum absolute atomic E-state index is 9.97. The van der Waals surface area contributed by atoms with E-state index in [1.807, 2.05) is 0 Å². The Labute approximate surface area is 122 Å². The highest BCUT2D eigenvalue weighted by Crippen LogP contribution is 2.34. The van der Waals surface area contributed by atoms with Gasteiger partial charge in [-0.3, -0.25) is 9.36 Å². The number of hydrogen-bond donors (Lipinski definition) is 3. The van der Waals surface area contributed by atoms with Crippen molar-refractivity contribution in [1.29, 1.82) is 0 Å². The fourth-order valence-corrected chi connectivity index (χ4v) is 1.93. The zero-order chi connectivity index (χ0) is 15.1. The zero-order valence-corrected chi connectivity index (χ0v) is 13.6. The summed E-state index contributed by atoms with van der Waals surface area (Å²) in [4.78, 5) is 25.9. The number of aliphatic carboxylic acids is 1. The van der Waals surface area contributed by atoms with Gasteiger partial charge in [0.15, 0.2) is 0 Å². The van der Waals surface area contributed by atoms with E-state index in [0.717, 1.165) is 0 Å². The Hall–Kier alpha value is -0.420. The summed E-state index contributed by atoms with van der Waals surface area (Å²) in [5.41, 5.74) is 0. The molecule has 0 aliphatic rings. The van der Waals surface area contributed by atoms with E-state index in [9.17, 15) is 9.36 Å². The van der Waals surface area contributed by atoms with Crippen molar-refractivity contribution < 1.29 is 29.7 Å². The van der Waals surface area contributed by atoms with Gasteiger partial charge in [-0.2, -0.15) is 0 Å². The largest absolute Gasteiger partial charge is 0.481 e. The summed E-state index contributed by atoms with van der Waals surface area (Å²) in [6, 6.07) is 0. The molecule has 0 aromatic heterocycles. The van der Waals surface area contributed by atoms with Crippen LogP contribution in [0.3, 0.4) is 0 Å². The zero-order valence-electron chi connectivity index (χ0n) is 12.7. The van der Waals surface area contributed by atoms with Crippen LogP contribution in [0.25, 0.3) is 0 Å². The van der Waals surface area contributed by atoms with Gasteiger partial charge in [-0.1, -0.05) is 65.2 Å². The number of carbonyl (C=O) groups is 1. The lowest BCUT2D eigenvalue weighted by Crippen LogP contribution is -1.98. The molecule has 124 valence electrons. The molecule has 0 fully saturated rings. The van der Waals surface area contributed by atoms with Crippen LogP contribution in [0.2, 0.25) is 0 Å². The van der Waals surface area contributed by atoms with Crippen molar-refractivity contribution in [2.24, 2.45) is 0 Å². The maximum atomic E-state index is 9.97. The molecule has 0 aromatic carbocycles. The SMILES string of the molecule is CCCCCCCCCC.O.O=C(O)CCP(=O)(O)O. The third-order valence-corrected chi connectivity index (χ3v) is 3.38. The summed E-state index contributed by atoms with van der Waals surface area (Å²) in [7, 11) is -4.10. The molecule has 0 radical (unpaired) electrons. The van der Waals surface area contributed by atoms with E-state index in [4.69, 9.17) is 14.9 Å². The van der Waals surface area contributed by atoms with Crippen molar-refractivity contribution in [1.82, 2.24) is 0 Å². The molecule has 0 aromatic rings. The number of unbranched alkanes of at least 4 members (excludes halogenated alkanes) is 7. The molecular formula is C13H31O6P. The van der Waals surface area contributed by atoms with E-state index in [1.165, 1.54) is 51.4 Å². The lowest BCUT2D eigenvalue weighted by Gasteiger charge is -1.97. The molecule has 0 unspecified atom stereocenters. The Kier molecular flexibility index (Phi) is 20.5. The standard InChI is InChI=1S/C10H22.C3H7O5P.H2O/c1-3-5-7-9-10-8-6-4-2;4-3(5)1-2-9(6,7)8;/h3-10H2,1-2H3;1-2H2,(H,4,5)(H2,6,7,8);1H2. The smallest absolute Gasteiger partial charge is 0.326 e. The number of rotatable bonds is 10. The average molecular weight is 314 g/mol. The number of carboxylic acid groups (broad SMARTS) is 1. The van der Waals surface area contributed by atoms with E-state index in [1.54, 1.807) is 0 Å². The highest BCUT2D eigenvalue weighted by molar-refractivity contribution is 7.51. The topological polar surface area (TPSA) is 126 Å². The Morgan fingerprint density at radius 2 is 1.25 bits per heavy atom. The molecule has 0 bridgehead atoms. The van der Waals surface area contributed by atoms with Gasteiger partial charge in [0, 0.05) is 0 Å². The first-order valence-electron chi connectivity index (χ1n) is 7.09. The van der Waals surface area contributed by atoms with Crippen LogP contribution in [-0.4, -0.2) is 32.5 Å². The van der Waals surface area contributed by atoms with E-state index in [-0.39, 0.29) is 5.48 Å². The van der Waals surface area contributed by atoms with Crippen LogP contribution in [0.15, 0.2) is 0 Å². The summed E-state index contributed by atoms with van der Waals surface area (Å²) >= 11 is 0. The van der Waals surface area contributed by atoms with Crippen LogP contribution in [0, 0.1) is 0 Å². The summed E-state index contributed by atoms with van der Waals surface area (Å²) in [6.07, 6.45) is 10.4. The molecule has 0 atom stereocenters. The van der Waals surface area contributed by atoms with Crippen molar-refractivity contribution in [2.45, 2.75) is 71.6 Å². The third-order valence-electron chi connectivity index (χ3n) is 2.57. The Morgan fingerprint density at radius 3 is 1.45 bits per heavy atom. The molecule has 20 heavy (non-hydrogen) atoms. The predicted octanol–water partition coefficient (Wildman–Crippen LogP) is 2.96. The minimum Gasteiger partial charge on any atom is -0.481 e. The molecular weight excluding hydrogens is 283 g/mol. The lowest BCUT2D eigenvalue weighted by atomic mass is 10.1. The third kappa shape index (κ3) is 30.5. The van der Waals surface area contributed by atoms with Crippen LogP contribution in [0.5, 0.6) is 0 Å². The van der Waals surface area contributed by atoms with Crippen LogP contribution in [0.4, 0.5) is 0 Å². The molecule has 0 rings (SSSR count). The van der Waals surface area contributed by atoms with Crippen molar-refractivity contribution in [3.05, 3.63) is 0 Å². The Bertz CT molecular complexity index is 243. The molecule has 0 saturated heterocycles. The van der Waals surface area contributed by atoms with E-state index < -0.39 is 26.1 Å². The second kappa shape index (κ2) is 16.6. The van der Waals surface area contributed by atoms with E-state index >= 15 is 0 Å². The highest BCUT2D eigenvalue weighted by atomic mass is 31.2.